The summed E-state index contributed by atoms with van der Waals surface area (Å²) in [6.07, 6.45) is 6.01. The van der Waals surface area contributed by atoms with Gasteiger partial charge < -0.3 is 15.5 Å². The minimum Gasteiger partial charge on any atom is -0.335 e. The van der Waals surface area contributed by atoms with Crippen LogP contribution in [0.15, 0.2) is 58.5 Å². The Morgan fingerprint density at radius 1 is 1.11 bits per heavy atom. The van der Waals surface area contributed by atoms with Crippen LogP contribution in [0.1, 0.15) is 29.8 Å². The molecule has 2 aliphatic heterocycles. The van der Waals surface area contributed by atoms with E-state index in [0.29, 0.717) is 17.4 Å². The first-order valence-electron chi connectivity index (χ1n) is 15.1. The van der Waals surface area contributed by atoms with E-state index in [2.05, 4.69) is 56.9 Å². The molecule has 2 amide bonds. The van der Waals surface area contributed by atoms with Gasteiger partial charge in [-0.25, -0.2) is 18.9 Å². The number of likely N-dealkylation sites (tertiary alicyclic amines) is 2. The molecule has 0 aliphatic carbocycles. The summed E-state index contributed by atoms with van der Waals surface area (Å²) in [5.41, 5.74) is 2.65. The van der Waals surface area contributed by atoms with Crippen LogP contribution in [0, 0.1) is 17.7 Å². The molecule has 10 nitrogen and oxygen atoms in total. The maximum absolute atomic E-state index is 13.4. The van der Waals surface area contributed by atoms with Crippen molar-refractivity contribution in [3.05, 3.63) is 74.9 Å². The van der Waals surface area contributed by atoms with Gasteiger partial charge in [-0.1, -0.05) is 28.1 Å². The Morgan fingerprint density at radius 3 is 2.75 bits per heavy atom. The first-order chi connectivity index (χ1) is 21.4. The number of nitrogens with zero attached hydrogens (tertiary/aromatic N) is 7. The van der Waals surface area contributed by atoms with Crippen LogP contribution in [0.4, 0.5) is 14.9 Å². The summed E-state index contributed by atoms with van der Waals surface area (Å²) in [5, 5.41) is 21.2. The van der Waals surface area contributed by atoms with Gasteiger partial charge in [-0.2, -0.15) is 0 Å². The molecule has 2 aliphatic rings. The topological polar surface area (TPSA) is 104 Å². The maximum Gasteiger partial charge on any atom is 0.319 e. The number of piperidine rings is 2. The van der Waals surface area contributed by atoms with Crippen LogP contribution in [0.25, 0.3) is 11.4 Å². The third-order valence-corrected chi connectivity index (χ3v) is 9.77. The van der Waals surface area contributed by atoms with Crippen LogP contribution in [0.2, 0.25) is 0 Å². The summed E-state index contributed by atoms with van der Waals surface area (Å²) >= 11 is 5.24. The molecule has 1 unspecified atom stereocenters. The molecule has 0 radical (unpaired) electrons. The number of amides is 2. The highest BCUT2D eigenvalue weighted by molar-refractivity contribution is 9.10. The zero-order valence-electron chi connectivity index (χ0n) is 24.7. The van der Waals surface area contributed by atoms with Gasteiger partial charge in [0.2, 0.25) is 0 Å². The van der Waals surface area contributed by atoms with E-state index in [1.54, 1.807) is 35.2 Å². The van der Waals surface area contributed by atoms with Crippen molar-refractivity contribution in [1.82, 2.24) is 40.3 Å². The van der Waals surface area contributed by atoms with Gasteiger partial charge in [-0.3, -0.25) is 4.90 Å². The summed E-state index contributed by atoms with van der Waals surface area (Å²) in [6.45, 7) is 5.60. The predicted octanol–water partition coefficient (Wildman–Crippen LogP) is 5.20. The number of carbonyl (C=O) groups is 1. The third-order valence-electron chi connectivity index (χ3n) is 8.54. The minimum atomic E-state index is -0.221. The van der Waals surface area contributed by atoms with Crippen molar-refractivity contribution >= 4 is 39.0 Å². The lowest BCUT2D eigenvalue weighted by molar-refractivity contribution is 0.0818. The highest BCUT2D eigenvalue weighted by atomic mass is 79.9. The Bertz CT molecular complexity index is 1530. The Morgan fingerprint density at radius 2 is 1.98 bits per heavy atom. The van der Waals surface area contributed by atoms with Crippen molar-refractivity contribution in [2.24, 2.45) is 18.9 Å². The number of nitrogens with one attached hydrogen (secondary N) is 2. The monoisotopic (exact) mass is 681 g/mol. The summed E-state index contributed by atoms with van der Waals surface area (Å²) < 4.78 is 15.9. The second-order valence-electron chi connectivity index (χ2n) is 11.9. The highest BCUT2D eigenvalue weighted by Gasteiger charge is 2.33. The smallest absolute Gasteiger partial charge is 0.319 e. The molecule has 4 aromatic rings. The van der Waals surface area contributed by atoms with Crippen LogP contribution in [-0.4, -0.2) is 79.8 Å². The molecule has 2 fully saturated rings. The van der Waals surface area contributed by atoms with Gasteiger partial charge in [0.05, 0.1) is 6.54 Å². The van der Waals surface area contributed by atoms with E-state index in [9.17, 15) is 9.18 Å². The standard InChI is InChI=1S/C31H37BrFN9OS/c1-40-30(37-38-39-40)23-14-25(32)16-27(15-23)35-31(43)36-28-8-11-42(20-29-34-9-12-44-29)19-24(28)18-41-10-2-3-22(17-41)13-21-4-6-26(33)7-5-21/h4-7,9,12,14-16,22,24,28H,2-3,8,10-11,13,17-20H2,1H3,(H2,35,36,43)/t22?,24-,28-/m1/s1. The number of aromatic nitrogens is 5. The van der Waals surface area contributed by atoms with Crippen molar-refractivity contribution in [3.63, 3.8) is 0 Å². The van der Waals surface area contributed by atoms with Crippen LogP contribution in [0.5, 0.6) is 0 Å². The average Bonchev–Trinajstić information content (AvgIpc) is 3.67. The van der Waals surface area contributed by atoms with E-state index in [1.165, 1.54) is 12.0 Å². The van der Waals surface area contributed by atoms with Gasteiger partial charge in [0.15, 0.2) is 5.82 Å². The Hall–Kier alpha value is -3.26. The Balaban J connectivity index is 1.12. The number of carbonyl (C=O) groups excluding carboxylic acids is 1. The van der Waals surface area contributed by atoms with Crippen molar-refractivity contribution < 1.29 is 9.18 Å². The zero-order chi connectivity index (χ0) is 30.5. The number of hydrogen-bond acceptors (Lipinski definition) is 8. The number of hydrogen-bond donors (Lipinski definition) is 2. The molecule has 13 heteroatoms. The molecule has 0 spiro atoms. The van der Waals surface area contributed by atoms with Crippen molar-refractivity contribution in [2.75, 3.05) is 38.0 Å². The molecule has 3 atom stereocenters. The maximum atomic E-state index is 13.4. The fraction of sp³-hybridized carbons (Fsp3) is 0.452. The van der Waals surface area contributed by atoms with Crippen molar-refractivity contribution in [1.29, 1.82) is 0 Å². The summed E-state index contributed by atoms with van der Waals surface area (Å²) in [6, 6.07) is 12.4. The van der Waals surface area contributed by atoms with E-state index in [-0.39, 0.29) is 23.8 Å². The van der Waals surface area contributed by atoms with Crippen LogP contribution < -0.4 is 10.6 Å². The lowest BCUT2D eigenvalue weighted by Crippen LogP contribution is -2.55. The molecule has 2 aromatic carbocycles. The van der Waals surface area contributed by atoms with Gasteiger partial charge in [0, 0.05) is 72.5 Å². The van der Waals surface area contributed by atoms with Gasteiger partial charge in [-0.15, -0.1) is 16.4 Å². The van der Waals surface area contributed by atoms with Crippen LogP contribution >= 0.6 is 27.3 Å². The van der Waals surface area contributed by atoms with E-state index < -0.39 is 0 Å². The Labute approximate surface area is 269 Å². The van der Waals surface area contributed by atoms with E-state index in [4.69, 9.17) is 0 Å². The number of tetrazole rings is 1. The number of rotatable bonds is 9. The molecule has 2 N–H and O–H groups in total. The van der Waals surface area contributed by atoms with Crippen LogP contribution in [-0.2, 0) is 20.0 Å². The number of aryl methyl sites for hydroxylation is 1. The van der Waals surface area contributed by atoms with Gasteiger partial charge in [-0.05, 0) is 84.5 Å². The lowest BCUT2D eigenvalue weighted by atomic mass is 9.88. The fourth-order valence-corrected chi connectivity index (χ4v) is 7.67. The Kier molecular flexibility index (Phi) is 9.95. The number of halogens is 2. The third kappa shape index (κ3) is 8.06. The zero-order valence-corrected chi connectivity index (χ0v) is 27.1. The number of thiazole rings is 1. The summed E-state index contributed by atoms with van der Waals surface area (Å²) in [4.78, 5) is 22.9. The quantitative estimate of drug-likeness (QED) is 0.250. The predicted molar refractivity (Wildman–Crippen MR) is 173 cm³/mol. The number of benzene rings is 2. The number of urea groups is 1. The molecule has 2 saturated heterocycles. The largest absolute Gasteiger partial charge is 0.335 e. The minimum absolute atomic E-state index is 0.0367. The van der Waals surface area contributed by atoms with E-state index >= 15 is 0 Å². The second-order valence-corrected chi connectivity index (χ2v) is 13.8. The van der Waals surface area contributed by atoms with Gasteiger partial charge in [0.1, 0.15) is 10.8 Å². The number of anilines is 1. The van der Waals surface area contributed by atoms with Crippen LogP contribution in [0.3, 0.4) is 0 Å². The lowest BCUT2D eigenvalue weighted by Gasteiger charge is -2.42. The van der Waals surface area contributed by atoms with Gasteiger partial charge in [0.25, 0.3) is 0 Å². The molecular weight excluding hydrogens is 645 g/mol. The molecule has 2 aromatic heterocycles. The molecule has 4 heterocycles. The molecule has 0 saturated carbocycles. The molecule has 44 heavy (non-hydrogen) atoms. The first kappa shape index (κ1) is 30.8. The average molecular weight is 683 g/mol. The van der Waals surface area contributed by atoms with E-state index in [1.807, 2.05) is 41.9 Å². The SMILES string of the molecule is Cn1nnnc1-c1cc(Br)cc(NC(=O)N[C@@H]2CCN(Cc3nccs3)C[C@H]2CN2CCCC(Cc3ccc(F)cc3)C2)c1. The van der Waals surface area contributed by atoms with E-state index in [0.717, 1.165) is 73.6 Å². The molecule has 0 bridgehead atoms. The normalized spacial score (nSPS) is 21.3. The highest BCUT2D eigenvalue weighted by Crippen LogP contribution is 2.28. The molecular formula is C31H37BrFN9OS. The summed E-state index contributed by atoms with van der Waals surface area (Å²) in [7, 11) is 1.78. The molecule has 232 valence electrons. The molecule has 6 rings (SSSR count). The first-order valence-corrected chi connectivity index (χ1v) is 16.7. The fourth-order valence-electron chi connectivity index (χ4n) is 6.52. The van der Waals surface area contributed by atoms with Crippen molar-refractivity contribution in [3.8, 4) is 11.4 Å². The second kappa shape index (κ2) is 14.2. The summed E-state index contributed by atoms with van der Waals surface area (Å²) in [5.74, 6) is 1.22. The van der Waals surface area contributed by atoms with Gasteiger partial charge >= 0.3 is 6.03 Å². The van der Waals surface area contributed by atoms with Crippen molar-refractivity contribution in [2.45, 2.75) is 38.3 Å².